The van der Waals surface area contributed by atoms with Crippen LogP contribution in [0, 0.1) is 0 Å². The van der Waals surface area contributed by atoms with Gasteiger partial charge in [0, 0.05) is 12.2 Å². The Hall–Kier alpha value is -2.44. The predicted molar refractivity (Wildman–Crippen MR) is 104 cm³/mol. The first kappa shape index (κ1) is 17.4. The van der Waals surface area contributed by atoms with Gasteiger partial charge in [-0.15, -0.1) is 0 Å². The standard InChI is InChI=1S/C19H21N3O2S/c1-19(2)17(23)21(14-6-4-3-5-7-14)18(25)22(19)15-8-10-16(11-9-15)24-13-12-20/h3-11H,12-13,20H2,1-2H3. The largest absolute Gasteiger partial charge is 0.492 e. The van der Waals surface area contributed by atoms with Crippen molar-refractivity contribution >= 4 is 34.6 Å². The van der Waals surface area contributed by atoms with Crippen molar-refractivity contribution in [1.82, 2.24) is 0 Å². The molecule has 2 N–H and O–H groups in total. The minimum absolute atomic E-state index is 0.0489. The molecule has 0 spiro atoms. The monoisotopic (exact) mass is 355 g/mol. The van der Waals surface area contributed by atoms with Gasteiger partial charge in [-0.1, -0.05) is 18.2 Å². The molecule has 0 saturated carbocycles. The van der Waals surface area contributed by atoms with E-state index in [4.69, 9.17) is 22.7 Å². The van der Waals surface area contributed by atoms with Gasteiger partial charge in [0.2, 0.25) is 0 Å². The molecule has 0 unspecified atom stereocenters. The summed E-state index contributed by atoms with van der Waals surface area (Å²) >= 11 is 5.64. The third-order valence-electron chi connectivity index (χ3n) is 4.16. The third kappa shape index (κ3) is 3.10. The Morgan fingerprint density at radius 2 is 1.68 bits per heavy atom. The second kappa shape index (κ2) is 6.82. The van der Waals surface area contributed by atoms with Gasteiger partial charge >= 0.3 is 0 Å². The number of hydrogen-bond acceptors (Lipinski definition) is 4. The van der Waals surface area contributed by atoms with Crippen LogP contribution in [0.1, 0.15) is 13.8 Å². The Morgan fingerprint density at radius 1 is 1.04 bits per heavy atom. The van der Waals surface area contributed by atoms with Gasteiger partial charge in [-0.25, -0.2) is 0 Å². The van der Waals surface area contributed by atoms with Gasteiger partial charge in [-0.3, -0.25) is 9.69 Å². The Morgan fingerprint density at radius 3 is 2.28 bits per heavy atom. The van der Waals surface area contributed by atoms with Crippen LogP contribution in [0.2, 0.25) is 0 Å². The molecule has 130 valence electrons. The van der Waals surface area contributed by atoms with Crippen LogP contribution in [0.5, 0.6) is 5.75 Å². The lowest BCUT2D eigenvalue weighted by molar-refractivity contribution is -0.120. The average Bonchev–Trinajstić information content (AvgIpc) is 2.79. The number of nitrogens with two attached hydrogens (primary N) is 1. The normalized spacial score (nSPS) is 16.4. The molecule has 6 heteroatoms. The Kier molecular flexibility index (Phi) is 4.74. The molecule has 0 bridgehead atoms. The van der Waals surface area contributed by atoms with E-state index in [2.05, 4.69) is 0 Å². The van der Waals surface area contributed by atoms with Crippen molar-refractivity contribution in [2.75, 3.05) is 23.0 Å². The van der Waals surface area contributed by atoms with Gasteiger partial charge in [-0.2, -0.15) is 0 Å². The van der Waals surface area contributed by atoms with Crippen LogP contribution >= 0.6 is 12.2 Å². The summed E-state index contributed by atoms with van der Waals surface area (Å²) in [6, 6.07) is 17.0. The minimum atomic E-state index is -0.771. The molecule has 1 amide bonds. The Bertz CT molecular complexity index is 775. The topological polar surface area (TPSA) is 58.8 Å². The van der Waals surface area contributed by atoms with E-state index in [1.54, 1.807) is 4.90 Å². The van der Waals surface area contributed by atoms with Crippen LogP contribution in [-0.2, 0) is 4.79 Å². The van der Waals surface area contributed by atoms with Crippen molar-refractivity contribution in [3.63, 3.8) is 0 Å². The fourth-order valence-corrected chi connectivity index (χ4v) is 3.42. The quantitative estimate of drug-likeness (QED) is 0.836. The molecule has 5 nitrogen and oxygen atoms in total. The second-order valence-electron chi connectivity index (χ2n) is 6.28. The van der Waals surface area contributed by atoms with Gasteiger partial charge in [0.15, 0.2) is 5.11 Å². The molecule has 0 aliphatic carbocycles. The van der Waals surface area contributed by atoms with E-state index in [0.29, 0.717) is 18.3 Å². The van der Waals surface area contributed by atoms with Crippen LogP contribution < -0.4 is 20.3 Å². The lowest BCUT2D eigenvalue weighted by Gasteiger charge is -2.29. The molecule has 2 aromatic carbocycles. The summed E-state index contributed by atoms with van der Waals surface area (Å²) in [4.78, 5) is 16.5. The zero-order valence-electron chi connectivity index (χ0n) is 14.3. The van der Waals surface area contributed by atoms with Crippen LogP contribution in [0.15, 0.2) is 54.6 Å². The molecule has 0 aromatic heterocycles. The van der Waals surface area contributed by atoms with Crippen LogP contribution in [0.25, 0.3) is 0 Å². The minimum Gasteiger partial charge on any atom is -0.492 e. The molecule has 1 aliphatic rings. The number of para-hydroxylation sites is 1. The maximum atomic E-state index is 13.0. The number of carbonyl (C=O) groups is 1. The summed E-state index contributed by atoms with van der Waals surface area (Å²) in [7, 11) is 0. The van der Waals surface area contributed by atoms with E-state index in [9.17, 15) is 4.79 Å². The Balaban J connectivity index is 1.93. The fraction of sp³-hybridized carbons (Fsp3) is 0.263. The first-order valence-electron chi connectivity index (χ1n) is 8.13. The molecule has 1 heterocycles. The Labute approximate surface area is 153 Å². The molecule has 3 rings (SSSR count). The van der Waals surface area contributed by atoms with Crippen LogP contribution in [0.3, 0.4) is 0 Å². The number of amides is 1. The van der Waals surface area contributed by atoms with E-state index < -0.39 is 5.54 Å². The highest BCUT2D eigenvalue weighted by molar-refractivity contribution is 7.81. The van der Waals surface area contributed by atoms with Gasteiger partial charge in [0.25, 0.3) is 5.91 Å². The van der Waals surface area contributed by atoms with E-state index in [1.165, 1.54) is 0 Å². The van der Waals surface area contributed by atoms with Crippen molar-refractivity contribution in [2.24, 2.45) is 5.73 Å². The molecular formula is C19H21N3O2S. The van der Waals surface area contributed by atoms with Crippen molar-refractivity contribution in [3.8, 4) is 5.75 Å². The van der Waals surface area contributed by atoms with Gasteiger partial charge < -0.3 is 15.4 Å². The summed E-state index contributed by atoms with van der Waals surface area (Å²) < 4.78 is 5.51. The molecular weight excluding hydrogens is 334 g/mol. The van der Waals surface area contributed by atoms with Gasteiger partial charge in [-0.05, 0) is 62.5 Å². The molecule has 0 atom stereocenters. The number of nitrogens with zero attached hydrogens (tertiary/aromatic N) is 2. The number of anilines is 2. The zero-order valence-corrected chi connectivity index (χ0v) is 15.1. The van der Waals surface area contributed by atoms with E-state index in [1.807, 2.05) is 73.3 Å². The lowest BCUT2D eigenvalue weighted by Crippen LogP contribution is -2.44. The number of hydrogen-bond donors (Lipinski definition) is 1. The SMILES string of the molecule is CC1(C)C(=O)N(c2ccccc2)C(=S)N1c1ccc(OCCN)cc1. The average molecular weight is 355 g/mol. The predicted octanol–water partition coefficient (Wildman–Crippen LogP) is 2.94. The highest BCUT2D eigenvalue weighted by Gasteiger charge is 2.50. The first-order chi connectivity index (χ1) is 12.0. The number of benzene rings is 2. The van der Waals surface area contributed by atoms with E-state index in [0.717, 1.165) is 17.1 Å². The number of thiocarbonyl (C=S) groups is 1. The van der Waals surface area contributed by atoms with Crippen molar-refractivity contribution in [2.45, 2.75) is 19.4 Å². The lowest BCUT2D eigenvalue weighted by atomic mass is 10.0. The number of carbonyl (C=O) groups excluding carboxylic acids is 1. The van der Waals surface area contributed by atoms with E-state index >= 15 is 0 Å². The summed E-state index contributed by atoms with van der Waals surface area (Å²) in [6.07, 6.45) is 0. The van der Waals surface area contributed by atoms with Crippen molar-refractivity contribution in [1.29, 1.82) is 0 Å². The van der Waals surface area contributed by atoms with Gasteiger partial charge in [0.1, 0.15) is 17.9 Å². The highest BCUT2D eigenvalue weighted by atomic mass is 32.1. The molecule has 1 fully saturated rings. The fourth-order valence-electron chi connectivity index (χ4n) is 2.90. The zero-order chi connectivity index (χ0) is 18.0. The van der Waals surface area contributed by atoms with Crippen molar-refractivity contribution in [3.05, 3.63) is 54.6 Å². The number of rotatable bonds is 5. The maximum absolute atomic E-state index is 13.0. The maximum Gasteiger partial charge on any atom is 0.259 e. The smallest absolute Gasteiger partial charge is 0.259 e. The van der Waals surface area contributed by atoms with Gasteiger partial charge in [0.05, 0.1) is 5.69 Å². The van der Waals surface area contributed by atoms with E-state index in [-0.39, 0.29) is 5.91 Å². The third-order valence-corrected chi connectivity index (χ3v) is 4.53. The summed E-state index contributed by atoms with van der Waals surface area (Å²) in [5.41, 5.74) is 6.30. The highest BCUT2D eigenvalue weighted by Crippen LogP contribution is 2.36. The van der Waals surface area contributed by atoms with Crippen molar-refractivity contribution < 1.29 is 9.53 Å². The van der Waals surface area contributed by atoms with Crippen LogP contribution in [0.4, 0.5) is 11.4 Å². The summed E-state index contributed by atoms with van der Waals surface area (Å²) in [5, 5.41) is 0.469. The van der Waals surface area contributed by atoms with Crippen LogP contribution in [-0.4, -0.2) is 29.7 Å². The first-order valence-corrected chi connectivity index (χ1v) is 8.54. The summed E-state index contributed by atoms with van der Waals surface area (Å²) in [5.74, 6) is 0.690. The molecule has 1 saturated heterocycles. The second-order valence-corrected chi connectivity index (χ2v) is 6.65. The number of ether oxygens (including phenoxy) is 1. The summed E-state index contributed by atoms with van der Waals surface area (Å²) in [6.45, 7) is 4.69. The molecule has 0 radical (unpaired) electrons. The molecule has 25 heavy (non-hydrogen) atoms. The molecule has 1 aliphatic heterocycles. The molecule has 2 aromatic rings.